The van der Waals surface area contributed by atoms with Gasteiger partial charge in [0.2, 0.25) is 0 Å². The first kappa shape index (κ1) is 18.4. The third kappa shape index (κ3) is 3.84. The molecule has 1 aromatic carbocycles. The molecule has 2 heterocycles. The Morgan fingerprint density at radius 3 is 2.71 bits per heavy atom. The van der Waals surface area contributed by atoms with Crippen molar-refractivity contribution in [2.75, 3.05) is 11.9 Å². The summed E-state index contributed by atoms with van der Waals surface area (Å²) in [4.78, 5) is 30.1. The number of ether oxygens (including phenoxy) is 1. The monoisotopic (exact) mass is 395 g/mol. The molecule has 2 aromatic heterocycles. The number of benzene rings is 1. The molecule has 1 unspecified atom stereocenters. The number of aromatic nitrogens is 2. The molecule has 0 aliphatic heterocycles. The molecule has 1 amide bonds. The molecule has 144 valence electrons. The topological polar surface area (TPSA) is 73.2 Å². The Morgan fingerprint density at radius 2 is 2.00 bits per heavy atom. The molecule has 0 bridgehead atoms. The number of hydrogen-bond acceptors (Lipinski definition) is 5. The lowest BCUT2D eigenvalue weighted by Crippen LogP contribution is -2.24. The van der Waals surface area contributed by atoms with Crippen LogP contribution in [0.3, 0.4) is 0 Å². The highest BCUT2D eigenvalue weighted by Gasteiger charge is 2.28. The van der Waals surface area contributed by atoms with Crippen LogP contribution in [-0.2, 0) is 22.4 Å². The summed E-state index contributed by atoms with van der Waals surface area (Å²) in [7, 11) is 0. The van der Waals surface area contributed by atoms with Crippen LogP contribution in [0.2, 0.25) is 0 Å². The van der Waals surface area contributed by atoms with Gasteiger partial charge in [0.15, 0.2) is 5.13 Å². The summed E-state index contributed by atoms with van der Waals surface area (Å²) in [5, 5.41) is 3.46. The quantitative estimate of drug-likeness (QED) is 0.666. The van der Waals surface area contributed by atoms with Gasteiger partial charge in [-0.15, -0.1) is 11.3 Å². The van der Waals surface area contributed by atoms with Crippen molar-refractivity contribution < 1.29 is 14.3 Å². The Balaban J connectivity index is 1.42. The van der Waals surface area contributed by atoms with Crippen molar-refractivity contribution in [1.29, 1.82) is 0 Å². The van der Waals surface area contributed by atoms with E-state index in [0.29, 0.717) is 23.7 Å². The molecule has 1 aliphatic rings. The number of amides is 1. The summed E-state index contributed by atoms with van der Waals surface area (Å²) in [5.41, 5.74) is 2.55. The van der Waals surface area contributed by atoms with E-state index >= 15 is 0 Å². The number of aryl methyl sites for hydroxylation is 1. The van der Waals surface area contributed by atoms with E-state index in [4.69, 9.17) is 4.74 Å². The van der Waals surface area contributed by atoms with E-state index in [1.807, 2.05) is 48.1 Å². The van der Waals surface area contributed by atoms with E-state index in [2.05, 4.69) is 10.3 Å². The van der Waals surface area contributed by atoms with E-state index in [-0.39, 0.29) is 17.8 Å². The predicted molar refractivity (Wildman–Crippen MR) is 108 cm³/mol. The number of fused-ring (bicyclic) bond motifs is 1. The number of nitrogens with one attached hydrogen (secondary N) is 1. The average molecular weight is 395 g/mol. The Morgan fingerprint density at radius 1 is 1.25 bits per heavy atom. The first-order chi connectivity index (χ1) is 13.6. The molecule has 6 nitrogen and oxygen atoms in total. The van der Waals surface area contributed by atoms with Crippen molar-refractivity contribution in [2.45, 2.75) is 26.2 Å². The van der Waals surface area contributed by atoms with Crippen LogP contribution in [0.4, 0.5) is 5.13 Å². The highest BCUT2D eigenvalue weighted by Crippen LogP contribution is 2.33. The molecule has 4 rings (SSSR count). The minimum atomic E-state index is -0.188. The van der Waals surface area contributed by atoms with Gasteiger partial charge >= 0.3 is 5.97 Å². The lowest BCUT2D eigenvalue weighted by atomic mass is 9.91. The Bertz CT molecular complexity index is 977. The molecular formula is C21H21N3O3S. The number of anilines is 1. The van der Waals surface area contributed by atoms with Gasteiger partial charge in [-0.1, -0.05) is 0 Å². The maximum atomic E-state index is 12.6. The fourth-order valence-corrected chi connectivity index (χ4v) is 4.43. The van der Waals surface area contributed by atoms with E-state index < -0.39 is 0 Å². The van der Waals surface area contributed by atoms with Gasteiger partial charge < -0.3 is 9.30 Å². The van der Waals surface area contributed by atoms with E-state index in [9.17, 15) is 9.59 Å². The van der Waals surface area contributed by atoms with Crippen LogP contribution < -0.4 is 5.32 Å². The van der Waals surface area contributed by atoms with Crippen LogP contribution >= 0.6 is 11.3 Å². The Kier molecular flexibility index (Phi) is 5.25. The molecular weight excluding hydrogens is 374 g/mol. The lowest BCUT2D eigenvalue weighted by Gasteiger charge is -2.18. The summed E-state index contributed by atoms with van der Waals surface area (Å²) in [6.45, 7) is 2.22. The summed E-state index contributed by atoms with van der Waals surface area (Å²) >= 11 is 1.44. The van der Waals surface area contributed by atoms with E-state index in [1.54, 1.807) is 12.1 Å². The van der Waals surface area contributed by atoms with Crippen LogP contribution in [0.15, 0.2) is 48.8 Å². The molecule has 0 radical (unpaired) electrons. The Hall–Kier alpha value is -2.93. The van der Waals surface area contributed by atoms with Crippen molar-refractivity contribution in [3.8, 4) is 5.69 Å². The third-order valence-electron chi connectivity index (χ3n) is 4.81. The fourth-order valence-electron chi connectivity index (χ4n) is 3.35. The van der Waals surface area contributed by atoms with Crippen LogP contribution in [-0.4, -0.2) is 28.0 Å². The van der Waals surface area contributed by atoms with Crippen molar-refractivity contribution in [3.63, 3.8) is 0 Å². The average Bonchev–Trinajstić information content (AvgIpc) is 3.37. The molecule has 3 aromatic rings. The number of nitrogens with zero attached hydrogens (tertiary/aromatic N) is 2. The first-order valence-electron chi connectivity index (χ1n) is 9.34. The van der Waals surface area contributed by atoms with Gasteiger partial charge in [0, 0.05) is 28.5 Å². The van der Waals surface area contributed by atoms with E-state index in [1.165, 1.54) is 11.3 Å². The SMILES string of the molecule is CCOC(=O)C1CCc2nc(NC(=O)c3ccc(-n4cccc4)cc3)sc2C1. The largest absolute Gasteiger partial charge is 0.466 e. The van der Waals surface area contributed by atoms with Gasteiger partial charge in [0.25, 0.3) is 5.91 Å². The van der Waals surface area contributed by atoms with Gasteiger partial charge in [-0.05, 0) is 62.6 Å². The highest BCUT2D eigenvalue weighted by molar-refractivity contribution is 7.15. The molecule has 0 saturated carbocycles. The van der Waals surface area contributed by atoms with Crippen LogP contribution in [0.5, 0.6) is 0 Å². The van der Waals surface area contributed by atoms with Crippen LogP contribution in [0.25, 0.3) is 5.69 Å². The molecule has 28 heavy (non-hydrogen) atoms. The Labute approximate surface area is 167 Å². The normalized spacial score (nSPS) is 15.7. The number of carbonyl (C=O) groups is 2. The molecule has 1 aliphatic carbocycles. The predicted octanol–water partition coefficient (Wildman–Crippen LogP) is 3.85. The van der Waals surface area contributed by atoms with Gasteiger partial charge in [-0.25, -0.2) is 4.98 Å². The summed E-state index contributed by atoms with van der Waals surface area (Å²) in [6, 6.07) is 11.3. The fraction of sp³-hybridized carbons (Fsp3) is 0.286. The van der Waals surface area contributed by atoms with Gasteiger partial charge in [-0.2, -0.15) is 0 Å². The van der Waals surface area contributed by atoms with E-state index in [0.717, 1.165) is 29.1 Å². The molecule has 1 atom stereocenters. The van der Waals surface area contributed by atoms with Gasteiger partial charge in [-0.3, -0.25) is 14.9 Å². The number of rotatable bonds is 5. The number of thiazole rings is 1. The van der Waals surface area contributed by atoms with Crippen molar-refractivity contribution in [2.24, 2.45) is 5.92 Å². The lowest BCUT2D eigenvalue weighted by molar-refractivity contribution is -0.148. The number of carbonyl (C=O) groups excluding carboxylic acids is 2. The second-order valence-electron chi connectivity index (χ2n) is 6.67. The molecule has 0 fully saturated rings. The highest BCUT2D eigenvalue weighted by atomic mass is 32.1. The summed E-state index contributed by atoms with van der Waals surface area (Å²) in [5.74, 6) is -0.445. The second-order valence-corrected chi connectivity index (χ2v) is 7.76. The zero-order chi connectivity index (χ0) is 19.5. The van der Waals surface area contributed by atoms with Crippen LogP contribution in [0.1, 0.15) is 34.3 Å². The third-order valence-corrected chi connectivity index (χ3v) is 5.85. The molecule has 1 N–H and O–H groups in total. The smallest absolute Gasteiger partial charge is 0.309 e. The van der Waals surface area contributed by atoms with Crippen molar-refractivity contribution in [3.05, 3.63) is 64.9 Å². The van der Waals surface area contributed by atoms with Crippen molar-refractivity contribution >= 4 is 28.3 Å². The molecule has 0 spiro atoms. The molecule has 0 saturated heterocycles. The maximum absolute atomic E-state index is 12.6. The standard InChI is InChI=1S/C21H21N3O3S/c1-2-27-20(26)15-7-10-17-18(13-15)28-21(22-17)23-19(25)14-5-8-16(9-6-14)24-11-3-4-12-24/h3-6,8-9,11-12,15H,2,7,10,13H2,1H3,(H,22,23,25). The van der Waals surface area contributed by atoms with Crippen LogP contribution in [0, 0.1) is 5.92 Å². The number of esters is 1. The number of hydrogen-bond donors (Lipinski definition) is 1. The zero-order valence-corrected chi connectivity index (χ0v) is 16.4. The minimum Gasteiger partial charge on any atom is -0.466 e. The van der Waals surface area contributed by atoms with Gasteiger partial charge in [0.1, 0.15) is 0 Å². The summed E-state index contributed by atoms with van der Waals surface area (Å²) in [6.07, 6.45) is 6.02. The van der Waals surface area contributed by atoms with Crippen molar-refractivity contribution in [1.82, 2.24) is 9.55 Å². The van der Waals surface area contributed by atoms with Gasteiger partial charge in [0.05, 0.1) is 18.2 Å². The summed E-state index contributed by atoms with van der Waals surface area (Å²) < 4.78 is 7.12. The second kappa shape index (κ2) is 7.98. The zero-order valence-electron chi connectivity index (χ0n) is 15.6. The molecule has 7 heteroatoms. The minimum absolute atomic E-state index is 0.113. The first-order valence-corrected chi connectivity index (χ1v) is 10.2. The maximum Gasteiger partial charge on any atom is 0.309 e.